The second-order valence-electron chi connectivity index (χ2n) is 6.81. The molecule has 33 heavy (non-hydrogen) atoms. The van der Waals surface area contributed by atoms with E-state index in [9.17, 15) is 19.2 Å². The molecule has 2 fully saturated rings. The van der Waals surface area contributed by atoms with Gasteiger partial charge in [0.2, 0.25) is 18.9 Å². The molecule has 2 aliphatic rings. The summed E-state index contributed by atoms with van der Waals surface area (Å²) < 4.78 is 43.0. The van der Waals surface area contributed by atoms with Crippen molar-refractivity contribution in [3.8, 4) is 0 Å². The predicted octanol–water partition coefficient (Wildman–Crippen LogP) is -0.119. The molecule has 8 unspecified atom stereocenters. The first-order chi connectivity index (χ1) is 15.6. The highest BCUT2D eigenvalue weighted by Gasteiger charge is 2.60. The van der Waals surface area contributed by atoms with Crippen LogP contribution in [0.4, 0.5) is 0 Å². The van der Waals surface area contributed by atoms with Gasteiger partial charge in [0, 0.05) is 0 Å². The predicted molar refractivity (Wildman–Crippen MR) is 118 cm³/mol. The molecular formula is C18H26O12S3. The Morgan fingerprint density at radius 1 is 0.788 bits per heavy atom. The third-order valence-corrected chi connectivity index (χ3v) is 5.06. The van der Waals surface area contributed by atoms with E-state index in [-0.39, 0.29) is 17.3 Å². The lowest BCUT2D eigenvalue weighted by molar-refractivity contribution is -0.276. The van der Waals surface area contributed by atoms with Gasteiger partial charge in [-0.15, -0.1) is 0 Å². The van der Waals surface area contributed by atoms with E-state index in [0.29, 0.717) is 0 Å². The topological polar surface area (TPSA) is 142 Å². The molecule has 2 rings (SSSR count). The number of carbonyl (C=O) groups excluding carboxylic acids is 4. The maximum atomic E-state index is 12.4. The lowest BCUT2D eigenvalue weighted by atomic mass is 10.1. The van der Waals surface area contributed by atoms with Crippen LogP contribution in [-0.2, 0) is 57.1 Å². The van der Waals surface area contributed by atoms with Gasteiger partial charge in [-0.2, -0.15) is 37.9 Å². The SMILES string of the molecule is CC(OC(=O)CS)OC1OC2C(OC(C)OC(=O)CS)C(=O)OC2C1OC(C)OC(=O)CS. The van der Waals surface area contributed by atoms with Crippen LogP contribution < -0.4 is 0 Å². The number of hydrogen-bond donors (Lipinski definition) is 3. The molecule has 0 saturated carbocycles. The Labute approximate surface area is 206 Å². The van der Waals surface area contributed by atoms with Crippen molar-refractivity contribution in [2.45, 2.75) is 70.3 Å². The molecule has 0 amide bonds. The minimum Gasteiger partial charge on any atom is -0.454 e. The zero-order valence-corrected chi connectivity index (χ0v) is 20.7. The van der Waals surface area contributed by atoms with E-state index in [0.717, 1.165) is 0 Å². The van der Waals surface area contributed by atoms with Crippen molar-refractivity contribution in [2.24, 2.45) is 0 Å². The maximum absolute atomic E-state index is 12.4. The molecule has 0 spiro atoms. The van der Waals surface area contributed by atoms with E-state index in [1.807, 2.05) is 0 Å². The number of rotatable bonds is 12. The number of thiol groups is 3. The smallest absolute Gasteiger partial charge is 0.338 e. The number of esters is 4. The van der Waals surface area contributed by atoms with Crippen molar-refractivity contribution < 1.29 is 57.1 Å². The molecule has 0 aromatic rings. The number of fused-ring (bicyclic) bond motifs is 1. The summed E-state index contributed by atoms with van der Waals surface area (Å²) >= 11 is 11.5. The molecule has 0 aromatic heterocycles. The Hall–Kier alpha value is -1.23. The number of carbonyl (C=O) groups is 4. The van der Waals surface area contributed by atoms with E-state index >= 15 is 0 Å². The summed E-state index contributed by atoms with van der Waals surface area (Å²) in [5, 5.41) is 0. The van der Waals surface area contributed by atoms with E-state index in [1.54, 1.807) is 0 Å². The first-order valence-electron chi connectivity index (χ1n) is 9.82. The quantitative estimate of drug-likeness (QED) is 0.134. The second kappa shape index (κ2) is 13.0. The van der Waals surface area contributed by atoms with Crippen LogP contribution in [0.15, 0.2) is 0 Å². The summed E-state index contributed by atoms with van der Waals surface area (Å²) in [4.78, 5) is 46.8. The fourth-order valence-electron chi connectivity index (χ4n) is 3.12. The lowest BCUT2D eigenvalue weighted by Gasteiger charge is -2.27. The molecule has 2 aliphatic heterocycles. The molecule has 12 nitrogen and oxygen atoms in total. The van der Waals surface area contributed by atoms with Crippen molar-refractivity contribution >= 4 is 61.8 Å². The van der Waals surface area contributed by atoms with Crippen LogP contribution in [0.5, 0.6) is 0 Å². The summed E-state index contributed by atoms with van der Waals surface area (Å²) in [5.74, 6) is -3.22. The first kappa shape index (κ1) is 28.0. The van der Waals surface area contributed by atoms with Crippen LogP contribution in [-0.4, -0.2) is 90.7 Å². The highest BCUT2D eigenvalue weighted by Crippen LogP contribution is 2.37. The van der Waals surface area contributed by atoms with Gasteiger partial charge in [-0.25, -0.2) is 4.79 Å². The van der Waals surface area contributed by atoms with Crippen LogP contribution >= 0.6 is 37.9 Å². The van der Waals surface area contributed by atoms with E-state index in [1.165, 1.54) is 20.8 Å². The summed E-state index contributed by atoms with van der Waals surface area (Å²) in [6.07, 6.45) is -8.85. The molecule has 188 valence electrons. The van der Waals surface area contributed by atoms with Crippen molar-refractivity contribution in [1.82, 2.24) is 0 Å². The Balaban J connectivity index is 2.14. The summed E-state index contributed by atoms with van der Waals surface area (Å²) in [5.41, 5.74) is 0. The zero-order valence-electron chi connectivity index (χ0n) is 18.0. The fourth-order valence-corrected chi connectivity index (χ4v) is 3.34. The van der Waals surface area contributed by atoms with E-state index < -0.39 is 73.5 Å². The summed E-state index contributed by atoms with van der Waals surface area (Å²) in [6, 6.07) is 0. The van der Waals surface area contributed by atoms with Gasteiger partial charge in [-0.05, 0) is 20.8 Å². The van der Waals surface area contributed by atoms with Gasteiger partial charge in [-0.1, -0.05) is 0 Å². The molecule has 0 aromatic carbocycles. The van der Waals surface area contributed by atoms with Gasteiger partial charge in [0.1, 0.15) is 6.10 Å². The van der Waals surface area contributed by atoms with Crippen molar-refractivity contribution in [2.75, 3.05) is 17.3 Å². The van der Waals surface area contributed by atoms with Crippen LogP contribution in [0.3, 0.4) is 0 Å². The van der Waals surface area contributed by atoms with E-state index in [4.69, 9.17) is 37.9 Å². The fraction of sp³-hybridized carbons (Fsp3) is 0.778. The van der Waals surface area contributed by atoms with Crippen LogP contribution in [0.1, 0.15) is 20.8 Å². The molecule has 0 aliphatic carbocycles. The average Bonchev–Trinajstić information content (AvgIpc) is 3.22. The van der Waals surface area contributed by atoms with Gasteiger partial charge in [-0.3, -0.25) is 14.4 Å². The molecule has 0 radical (unpaired) electrons. The molecule has 0 N–H and O–H groups in total. The third kappa shape index (κ3) is 7.90. The number of ether oxygens (including phenoxy) is 8. The highest BCUT2D eigenvalue weighted by molar-refractivity contribution is 7.81. The summed E-state index contributed by atoms with van der Waals surface area (Å²) in [7, 11) is 0. The normalized spacial score (nSPS) is 28.9. The molecule has 2 saturated heterocycles. The Morgan fingerprint density at radius 2 is 1.24 bits per heavy atom. The minimum atomic E-state index is -1.27. The monoisotopic (exact) mass is 530 g/mol. The van der Waals surface area contributed by atoms with Crippen LogP contribution in [0.25, 0.3) is 0 Å². The van der Waals surface area contributed by atoms with E-state index in [2.05, 4.69) is 37.9 Å². The lowest BCUT2D eigenvalue weighted by Crippen LogP contribution is -2.41. The molecule has 0 bridgehead atoms. The Bertz CT molecular complexity index is 722. The van der Waals surface area contributed by atoms with Gasteiger partial charge in [0.05, 0.1) is 17.3 Å². The minimum absolute atomic E-state index is 0.169. The van der Waals surface area contributed by atoms with Crippen molar-refractivity contribution in [3.05, 3.63) is 0 Å². The standard InChI is InChI=1S/C18H26O12S3/c1-7(23-10(19)4-31)26-15-13-14(29-17(15)22)16(27-8(2)24-11(20)5-32)18(30-13)28-9(3)25-12(21)6-33/h7-9,13-16,18,31-33H,4-6H2,1-3H3. The van der Waals surface area contributed by atoms with Gasteiger partial charge in [0.25, 0.3) is 0 Å². The van der Waals surface area contributed by atoms with Crippen molar-refractivity contribution in [3.63, 3.8) is 0 Å². The molecule has 2 heterocycles. The van der Waals surface area contributed by atoms with Crippen LogP contribution in [0, 0.1) is 0 Å². The largest absolute Gasteiger partial charge is 0.454 e. The van der Waals surface area contributed by atoms with Crippen LogP contribution in [0.2, 0.25) is 0 Å². The molecular weight excluding hydrogens is 504 g/mol. The number of hydrogen-bond acceptors (Lipinski definition) is 15. The Kier molecular flexibility index (Phi) is 11.0. The highest BCUT2D eigenvalue weighted by atomic mass is 32.1. The van der Waals surface area contributed by atoms with Gasteiger partial charge < -0.3 is 37.9 Å². The first-order valence-corrected chi connectivity index (χ1v) is 11.7. The average molecular weight is 531 g/mol. The second-order valence-corrected chi connectivity index (χ2v) is 7.76. The Morgan fingerprint density at radius 3 is 1.73 bits per heavy atom. The van der Waals surface area contributed by atoms with Gasteiger partial charge >= 0.3 is 23.9 Å². The van der Waals surface area contributed by atoms with Crippen molar-refractivity contribution in [1.29, 1.82) is 0 Å². The molecule has 8 atom stereocenters. The third-order valence-electron chi connectivity index (χ3n) is 4.28. The zero-order chi connectivity index (χ0) is 24.7. The summed E-state index contributed by atoms with van der Waals surface area (Å²) in [6.45, 7) is 4.30. The van der Waals surface area contributed by atoms with Gasteiger partial charge in [0.15, 0.2) is 24.6 Å². The molecule has 15 heteroatoms. The maximum Gasteiger partial charge on any atom is 0.338 e.